The normalized spacial score (nSPS) is 20.3. The van der Waals surface area contributed by atoms with E-state index in [0.29, 0.717) is 0 Å². The highest BCUT2D eigenvalue weighted by atomic mass is 35.5. The fourth-order valence-electron chi connectivity index (χ4n) is 1.48. The van der Waals surface area contributed by atoms with E-state index in [-0.39, 0.29) is 10.6 Å². The lowest BCUT2D eigenvalue weighted by atomic mass is 10.1. The summed E-state index contributed by atoms with van der Waals surface area (Å²) in [5, 5.41) is 8.40. The van der Waals surface area contributed by atoms with E-state index in [1.54, 1.807) is 0 Å². The van der Waals surface area contributed by atoms with Crippen LogP contribution in [0.3, 0.4) is 0 Å². The minimum absolute atomic E-state index is 0.275. The van der Waals surface area contributed by atoms with Gasteiger partial charge in [0.25, 0.3) is 0 Å². The van der Waals surface area contributed by atoms with E-state index < -0.39 is 35.7 Å². The molecule has 20 heavy (non-hydrogen) atoms. The van der Waals surface area contributed by atoms with Crippen LogP contribution in [0.2, 0.25) is 5.02 Å². The number of benzene rings is 1. The summed E-state index contributed by atoms with van der Waals surface area (Å²) in [4.78, 5) is 10.7. The van der Waals surface area contributed by atoms with Crippen molar-refractivity contribution >= 4 is 17.6 Å². The van der Waals surface area contributed by atoms with Crippen LogP contribution in [-0.4, -0.2) is 23.3 Å². The van der Waals surface area contributed by atoms with Gasteiger partial charge >= 0.3 is 18.2 Å². The van der Waals surface area contributed by atoms with E-state index in [2.05, 4.69) is 9.47 Å². The van der Waals surface area contributed by atoms with E-state index >= 15 is 0 Å². The molecule has 0 fully saturated rings. The van der Waals surface area contributed by atoms with Crippen molar-refractivity contribution in [3.05, 3.63) is 22.7 Å². The predicted octanol–water partition coefficient (Wildman–Crippen LogP) is 2.38. The molecule has 0 bridgehead atoms. The van der Waals surface area contributed by atoms with Gasteiger partial charge in [0.05, 0.1) is 0 Å². The first-order valence-corrected chi connectivity index (χ1v) is 5.38. The molecule has 1 aromatic rings. The molecular weight excluding hydrogens is 310 g/mol. The van der Waals surface area contributed by atoms with Crippen molar-refractivity contribution in [1.82, 2.24) is 0 Å². The summed E-state index contributed by atoms with van der Waals surface area (Å²) in [7, 11) is 0. The van der Waals surface area contributed by atoms with Crippen LogP contribution < -0.4 is 15.2 Å². The van der Waals surface area contributed by atoms with Gasteiger partial charge in [-0.2, -0.15) is 17.6 Å². The molecule has 0 saturated heterocycles. The highest BCUT2D eigenvalue weighted by Crippen LogP contribution is 2.48. The second-order valence-corrected chi connectivity index (χ2v) is 4.28. The molecule has 0 amide bonds. The lowest BCUT2D eigenvalue weighted by Gasteiger charge is -2.32. The minimum atomic E-state index is -4.90. The maximum Gasteiger partial charge on any atom is 0.507 e. The van der Waals surface area contributed by atoms with E-state index in [1.165, 1.54) is 0 Å². The molecule has 0 saturated carbocycles. The maximum atomic E-state index is 13.0. The van der Waals surface area contributed by atoms with Crippen LogP contribution in [0.25, 0.3) is 0 Å². The van der Waals surface area contributed by atoms with Crippen LogP contribution >= 0.6 is 11.6 Å². The quantitative estimate of drug-likeness (QED) is 0.819. The van der Waals surface area contributed by atoms with Gasteiger partial charge in [0.2, 0.25) is 0 Å². The average Bonchev–Trinajstić information content (AvgIpc) is 2.29. The molecule has 1 atom stereocenters. The molecule has 1 aliphatic rings. The maximum absolute atomic E-state index is 13.0. The summed E-state index contributed by atoms with van der Waals surface area (Å²) in [5.74, 6) is -3.01. The summed E-state index contributed by atoms with van der Waals surface area (Å²) in [6.45, 7) is 0. The second-order valence-electron chi connectivity index (χ2n) is 3.87. The molecule has 3 N–H and O–H groups in total. The van der Waals surface area contributed by atoms with Gasteiger partial charge in [0, 0.05) is 16.7 Å². The number of ether oxygens (including phenoxy) is 2. The van der Waals surface area contributed by atoms with Crippen molar-refractivity contribution < 1.29 is 36.9 Å². The zero-order valence-electron chi connectivity index (χ0n) is 9.37. The Hall–Kier alpha value is -1.74. The minimum Gasteiger partial charge on any atom is -0.480 e. The number of rotatable bonds is 2. The summed E-state index contributed by atoms with van der Waals surface area (Å²) in [6.07, 6.45) is -9.78. The molecule has 2 rings (SSSR count). The Morgan fingerprint density at radius 3 is 2.10 bits per heavy atom. The molecule has 1 heterocycles. The number of carboxylic acids is 1. The third-order valence-corrected chi connectivity index (χ3v) is 2.81. The number of aliphatic carboxylic acids is 1. The highest BCUT2D eigenvalue weighted by molar-refractivity contribution is 6.31. The number of carboxylic acid groups (broad SMARTS) is 1. The fourth-order valence-corrected chi connectivity index (χ4v) is 1.75. The smallest absolute Gasteiger partial charge is 0.480 e. The summed E-state index contributed by atoms with van der Waals surface area (Å²) in [6, 6.07) is -0.176. The van der Waals surface area contributed by atoms with Gasteiger partial charge in [0.1, 0.15) is 6.04 Å². The molecule has 10 heteroatoms. The van der Waals surface area contributed by atoms with Gasteiger partial charge in [-0.25, -0.2) is 0 Å². The van der Waals surface area contributed by atoms with Crippen LogP contribution in [0.1, 0.15) is 11.6 Å². The summed E-state index contributed by atoms with van der Waals surface area (Å²) < 4.78 is 59.5. The van der Waals surface area contributed by atoms with Gasteiger partial charge in [-0.15, -0.1) is 0 Å². The van der Waals surface area contributed by atoms with Crippen LogP contribution in [0.4, 0.5) is 17.6 Å². The number of fused-ring (bicyclic) bond motifs is 1. The Morgan fingerprint density at radius 2 is 1.65 bits per heavy atom. The zero-order chi connectivity index (χ0) is 15.3. The van der Waals surface area contributed by atoms with E-state index in [0.717, 1.165) is 12.1 Å². The summed E-state index contributed by atoms with van der Waals surface area (Å²) >= 11 is 5.65. The van der Waals surface area contributed by atoms with Crippen LogP contribution in [0.15, 0.2) is 12.1 Å². The predicted molar refractivity (Wildman–Crippen MR) is 57.2 cm³/mol. The Kier molecular flexibility index (Phi) is 3.22. The Bertz CT molecular complexity index is 581. The van der Waals surface area contributed by atoms with Gasteiger partial charge in [-0.1, -0.05) is 11.6 Å². The number of hydrogen-bond acceptors (Lipinski definition) is 4. The second kappa shape index (κ2) is 4.38. The number of alkyl halides is 4. The Balaban J connectivity index is 2.50. The molecule has 1 aliphatic heterocycles. The lowest BCUT2D eigenvalue weighted by Crippen LogP contribution is -2.52. The van der Waals surface area contributed by atoms with Crippen LogP contribution in [0, 0.1) is 0 Å². The van der Waals surface area contributed by atoms with Gasteiger partial charge in [-0.05, 0) is 6.07 Å². The van der Waals surface area contributed by atoms with Gasteiger partial charge in [0.15, 0.2) is 11.5 Å². The first-order chi connectivity index (χ1) is 9.05. The third kappa shape index (κ3) is 2.22. The van der Waals surface area contributed by atoms with Crippen molar-refractivity contribution in [2.24, 2.45) is 5.73 Å². The molecule has 0 radical (unpaired) electrons. The Labute approximate surface area is 113 Å². The van der Waals surface area contributed by atoms with Crippen molar-refractivity contribution in [2.45, 2.75) is 18.3 Å². The monoisotopic (exact) mass is 315 g/mol. The fraction of sp³-hybridized carbons (Fsp3) is 0.300. The third-order valence-electron chi connectivity index (χ3n) is 2.48. The molecule has 110 valence electrons. The topological polar surface area (TPSA) is 81.8 Å². The molecule has 0 aromatic heterocycles. The zero-order valence-corrected chi connectivity index (χ0v) is 10.1. The van der Waals surface area contributed by atoms with Crippen LogP contribution in [0.5, 0.6) is 11.5 Å². The number of carbonyl (C=O) groups is 1. The first kappa shape index (κ1) is 14.7. The highest BCUT2D eigenvalue weighted by Gasteiger charge is 2.66. The van der Waals surface area contributed by atoms with Gasteiger partial charge in [-0.3, -0.25) is 4.79 Å². The van der Waals surface area contributed by atoms with Crippen molar-refractivity contribution in [3.8, 4) is 11.5 Å². The van der Waals surface area contributed by atoms with Crippen LogP contribution in [-0.2, 0) is 4.79 Å². The average molecular weight is 316 g/mol. The number of hydrogen-bond donors (Lipinski definition) is 2. The summed E-state index contributed by atoms with van der Waals surface area (Å²) in [5.41, 5.74) is 5.00. The van der Waals surface area contributed by atoms with E-state index in [1.807, 2.05) is 0 Å². The van der Waals surface area contributed by atoms with Gasteiger partial charge < -0.3 is 20.3 Å². The molecule has 1 aromatic carbocycles. The van der Waals surface area contributed by atoms with Crippen molar-refractivity contribution in [2.75, 3.05) is 0 Å². The van der Waals surface area contributed by atoms with E-state index in [4.69, 9.17) is 22.4 Å². The van der Waals surface area contributed by atoms with E-state index in [9.17, 15) is 22.4 Å². The molecular formula is C10H6ClF4NO4. The number of nitrogens with two attached hydrogens (primary N) is 1. The molecule has 1 unspecified atom stereocenters. The molecule has 0 aliphatic carbocycles. The standard InChI is InChI=1S/C10H6ClF4NO4/c11-4-2-6-5(1-3(4)7(16)8(17)18)19-9(12,13)10(14,15)20-6/h1-2,7H,16H2,(H,17,18). The first-order valence-electron chi connectivity index (χ1n) is 5.00. The number of halogens is 5. The van der Waals surface area contributed by atoms with Crippen molar-refractivity contribution in [1.29, 1.82) is 0 Å². The SMILES string of the molecule is NC(C(=O)O)c1cc2c(cc1Cl)OC(F)(F)C(F)(F)O2. The largest absolute Gasteiger partial charge is 0.507 e. The molecule has 5 nitrogen and oxygen atoms in total. The lowest BCUT2D eigenvalue weighted by molar-refractivity contribution is -0.391. The van der Waals surface area contributed by atoms with Crippen molar-refractivity contribution in [3.63, 3.8) is 0 Å². The molecule has 0 spiro atoms. The Morgan fingerprint density at radius 1 is 1.20 bits per heavy atom.